The highest BCUT2D eigenvalue weighted by atomic mass is 35.5. The van der Waals surface area contributed by atoms with Crippen LogP contribution in [0.2, 0.25) is 5.02 Å². The molecule has 31 heavy (non-hydrogen) atoms. The Morgan fingerprint density at radius 1 is 1.13 bits per heavy atom. The first-order valence-corrected chi connectivity index (χ1v) is 12.0. The minimum atomic E-state index is -0.163. The summed E-state index contributed by atoms with van der Waals surface area (Å²) in [6.45, 7) is 1.87. The zero-order valence-corrected chi connectivity index (χ0v) is 18.9. The van der Waals surface area contributed by atoms with Crippen molar-refractivity contribution >= 4 is 51.1 Å². The number of halogens is 1. The van der Waals surface area contributed by atoms with E-state index in [-0.39, 0.29) is 29.9 Å². The molecule has 1 saturated carbocycles. The second-order valence-corrected chi connectivity index (χ2v) is 10.4. The van der Waals surface area contributed by atoms with Gasteiger partial charge in [-0.15, -0.1) is 0 Å². The zero-order valence-electron chi connectivity index (χ0n) is 17.4. The van der Waals surface area contributed by atoms with Crippen molar-refractivity contribution in [3.63, 3.8) is 0 Å². The summed E-state index contributed by atoms with van der Waals surface area (Å²) >= 11 is 7.64. The number of aromatic amines is 1. The van der Waals surface area contributed by atoms with Crippen molar-refractivity contribution in [2.45, 2.75) is 49.1 Å². The third kappa shape index (κ3) is 4.33. The lowest BCUT2D eigenvalue weighted by Crippen LogP contribution is -2.54. The summed E-state index contributed by atoms with van der Waals surface area (Å²) in [6.07, 6.45) is 3.77. The quantitative estimate of drug-likeness (QED) is 0.655. The summed E-state index contributed by atoms with van der Waals surface area (Å²) < 4.78 is 0. The number of benzene rings is 1. The molecule has 2 aliphatic heterocycles. The Labute approximate surface area is 190 Å². The van der Waals surface area contributed by atoms with Crippen molar-refractivity contribution in [3.8, 4) is 0 Å². The van der Waals surface area contributed by atoms with Crippen LogP contribution in [0.15, 0.2) is 29.3 Å². The molecule has 2 amide bonds. The number of aliphatic imine (C=N–C) groups is 1. The molecule has 0 bridgehead atoms. The molecule has 1 aromatic heterocycles. The second-order valence-electron chi connectivity index (χ2n) is 8.74. The maximum atomic E-state index is 12.9. The number of carbonyl (C=O) groups is 2. The first kappa shape index (κ1) is 20.8. The summed E-state index contributed by atoms with van der Waals surface area (Å²) in [4.78, 5) is 35.8. The number of aromatic nitrogens is 1. The van der Waals surface area contributed by atoms with Gasteiger partial charge in [0.25, 0.3) is 11.8 Å². The molecule has 4 atom stereocenters. The average molecular weight is 460 g/mol. The standard InChI is InChI=1S/C22H26ClN5O2S/c1-28-10-18-19(11-28)31-22(27-18)21(30)26-16-5-3-2-4-15(16)25-20(29)17-9-12-8-13(23)6-7-14(12)24-17/h6-9,15-16,18-19,24H,2-5,10-11H2,1H3,(H,25,29)(H,26,30)/t15-,16+,18?,19?/m0/s1. The number of nitrogens with one attached hydrogen (secondary N) is 3. The Morgan fingerprint density at radius 2 is 1.87 bits per heavy atom. The summed E-state index contributed by atoms with van der Waals surface area (Å²) in [5, 5.41) is 8.79. The van der Waals surface area contributed by atoms with Crippen molar-refractivity contribution in [2.24, 2.45) is 4.99 Å². The van der Waals surface area contributed by atoms with Gasteiger partial charge in [0.1, 0.15) is 5.69 Å². The third-order valence-electron chi connectivity index (χ3n) is 6.39. The number of hydrogen-bond acceptors (Lipinski definition) is 5. The van der Waals surface area contributed by atoms with Crippen molar-refractivity contribution < 1.29 is 9.59 Å². The van der Waals surface area contributed by atoms with Gasteiger partial charge in [-0.25, -0.2) is 0 Å². The fourth-order valence-corrected chi connectivity index (χ4v) is 6.26. The van der Waals surface area contributed by atoms with Crippen LogP contribution in [0.3, 0.4) is 0 Å². The van der Waals surface area contributed by atoms with Crippen LogP contribution in [0.1, 0.15) is 36.2 Å². The van der Waals surface area contributed by atoms with E-state index >= 15 is 0 Å². The highest BCUT2D eigenvalue weighted by molar-refractivity contribution is 8.16. The van der Waals surface area contributed by atoms with E-state index in [9.17, 15) is 9.59 Å². The molecule has 0 radical (unpaired) electrons. The molecule has 5 rings (SSSR count). The summed E-state index contributed by atoms with van der Waals surface area (Å²) in [5.41, 5.74) is 1.37. The molecule has 0 spiro atoms. The van der Waals surface area contributed by atoms with Crippen molar-refractivity contribution in [1.29, 1.82) is 0 Å². The Hall–Kier alpha value is -2.03. The monoisotopic (exact) mass is 459 g/mol. The van der Waals surface area contributed by atoms with Crippen LogP contribution in [-0.2, 0) is 4.79 Å². The number of likely N-dealkylation sites (tertiary alicyclic amines) is 1. The number of nitrogens with zero attached hydrogens (tertiary/aromatic N) is 2. The van der Waals surface area contributed by atoms with Gasteiger partial charge >= 0.3 is 0 Å². The van der Waals surface area contributed by atoms with Crippen LogP contribution in [0.25, 0.3) is 10.9 Å². The fraction of sp³-hybridized carbons (Fsp3) is 0.500. The lowest BCUT2D eigenvalue weighted by Gasteiger charge is -2.32. The van der Waals surface area contributed by atoms with Gasteiger partial charge in [-0.2, -0.15) is 0 Å². The van der Waals surface area contributed by atoms with Gasteiger partial charge in [0.15, 0.2) is 5.04 Å². The van der Waals surface area contributed by atoms with Crippen LogP contribution < -0.4 is 10.6 Å². The zero-order chi connectivity index (χ0) is 21.5. The number of fused-ring (bicyclic) bond motifs is 2. The van der Waals surface area contributed by atoms with Gasteiger partial charge < -0.3 is 20.5 Å². The van der Waals surface area contributed by atoms with Gasteiger partial charge in [0.05, 0.1) is 6.04 Å². The van der Waals surface area contributed by atoms with Crippen molar-refractivity contribution in [1.82, 2.24) is 20.5 Å². The molecule has 3 aliphatic rings. The fourth-order valence-electron chi connectivity index (χ4n) is 4.80. The van der Waals surface area contributed by atoms with Gasteiger partial charge in [-0.05, 0) is 44.2 Å². The number of thioether (sulfide) groups is 1. The molecule has 3 N–H and O–H groups in total. The van der Waals surface area contributed by atoms with Gasteiger partial charge in [-0.3, -0.25) is 14.6 Å². The van der Waals surface area contributed by atoms with Crippen LogP contribution >= 0.6 is 23.4 Å². The topological polar surface area (TPSA) is 89.6 Å². The van der Waals surface area contributed by atoms with E-state index in [4.69, 9.17) is 11.6 Å². The molecule has 164 valence electrons. The summed E-state index contributed by atoms with van der Waals surface area (Å²) in [6, 6.07) is 7.34. The molecule has 7 nitrogen and oxygen atoms in total. The van der Waals surface area contributed by atoms with Crippen LogP contribution in [0.4, 0.5) is 0 Å². The summed E-state index contributed by atoms with van der Waals surface area (Å²) in [7, 11) is 2.09. The van der Waals surface area contributed by atoms with E-state index < -0.39 is 0 Å². The first-order valence-electron chi connectivity index (χ1n) is 10.8. The van der Waals surface area contributed by atoms with Gasteiger partial charge in [0.2, 0.25) is 0 Å². The van der Waals surface area contributed by atoms with E-state index in [1.807, 2.05) is 18.2 Å². The molecular weight excluding hydrogens is 434 g/mol. The Balaban J connectivity index is 1.24. The lowest BCUT2D eigenvalue weighted by molar-refractivity contribution is -0.115. The Bertz CT molecular complexity index is 1050. The molecular formula is C22H26ClN5O2S. The van der Waals surface area contributed by atoms with E-state index in [1.165, 1.54) is 0 Å². The normalized spacial score (nSPS) is 28.4. The lowest BCUT2D eigenvalue weighted by atomic mass is 9.90. The number of H-pyrrole nitrogens is 1. The predicted octanol–water partition coefficient (Wildman–Crippen LogP) is 2.81. The maximum absolute atomic E-state index is 12.9. The van der Waals surface area contributed by atoms with Crippen LogP contribution in [-0.4, -0.2) is 70.3 Å². The number of hydrogen-bond donors (Lipinski definition) is 3. The summed E-state index contributed by atoms with van der Waals surface area (Å²) in [5.74, 6) is -0.267. The largest absolute Gasteiger partial charge is 0.351 e. The Morgan fingerprint density at radius 3 is 2.61 bits per heavy atom. The first-order chi connectivity index (χ1) is 15.0. The smallest absolute Gasteiger partial charge is 0.276 e. The van der Waals surface area contributed by atoms with E-state index in [0.29, 0.717) is 21.0 Å². The SMILES string of the molecule is CN1CC2N=C(C(=O)N[C@@H]3CCCC[C@@H]3NC(=O)c3cc4cc(Cl)ccc4[nH]3)SC2C1. The minimum absolute atomic E-state index is 0.0876. The van der Waals surface area contributed by atoms with Gasteiger partial charge in [0, 0.05) is 46.3 Å². The molecule has 1 aromatic carbocycles. The molecule has 3 heterocycles. The number of rotatable bonds is 4. The highest BCUT2D eigenvalue weighted by Crippen LogP contribution is 2.32. The molecule has 2 unspecified atom stereocenters. The molecule has 2 fully saturated rings. The van der Waals surface area contributed by atoms with Gasteiger partial charge in [-0.1, -0.05) is 36.2 Å². The minimum Gasteiger partial charge on any atom is -0.351 e. The van der Waals surface area contributed by atoms with E-state index in [0.717, 1.165) is 49.7 Å². The average Bonchev–Trinajstić information content (AvgIpc) is 3.41. The molecule has 2 aromatic rings. The second kappa shape index (κ2) is 8.48. The Kier molecular flexibility index (Phi) is 5.71. The van der Waals surface area contributed by atoms with Crippen molar-refractivity contribution in [3.05, 3.63) is 35.0 Å². The molecule has 1 aliphatic carbocycles. The van der Waals surface area contributed by atoms with Crippen LogP contribution in [0, 0.1) is 0 Å². The van der Waals surface area contributed by atoms with Crippen LogP contribution in [0.5, 0.6) is 0 Å². The maximum Gasteiger partial charge on any atom is 0.276 e. The van der Waals surface area contributed by atoms with Crippen molar-refractivity contribution in [2.75, 3.05) is 20.1 Å². The number of likely N-dealkylation sites (N-methyl/N-ethyl adjacent to an activating group) is 1. The van der Waals surface area contributed by atoms with E-state index in [2.05, 4.69) is 32.6 Å². The molecule has 9 heteroatoms. The molecule has 1 saturated heterocycles. The predicted molar refractivity (Wildman–Crippen MR) is 125 cm³/mol. The van der Waals surface area contributed by atoms with E-state index in [1.54, 1.807) is 17.8 Å². The number of amides is 2. The third-order valence-corrected chi connectivity index (χ3v) is 7.90. The highest BCUT2D eigenvalue weighted by Gasteiger charge is 2.40. The number of carbonyl (C=O) groups excluding carboxylic acids is 2.